The molecule has 12 nitrogen and oxygen atoms in total. The molecule has 1 saturated heterocycles. The zero-order valence-corrected chi connectivity index (χ0v) is 12.5. The van der Waals surface area contributed by atoms with Crippen LogP contribution in [0, 0.1) is 10.1 Å². The lowest BCUT2D eigenvalue weighted by Crippen LogP contribution is -2.58. The molecule has 1 aromatic heterocycles. The predicted molar refractivity (Wildman–Crippen MR) is 74.6 cm³/mol. The van der Waals surface area contributed by atoms with Gasteiger partial charge in [0.25, 0.3) is 0 Å². The number of aromatic nitrogens is 2. The first-order chi connectivity index (χ1) is 11.3. The van der Waals surface area contributed by atoms with Gasteiger partial charge in [0.15, 0.2) is 6.29 Å². The molecule has 136 valence electrons. The second-order valence-electron chi connectivity index (χ2n) is 5.36. The highest BCUT2D eigenvalue weighted by molar-refractivity contribution is 5.06. The third kappa shape index (κ3) is 4.24. The van der Waals surface area contributed by atoms with Gasteiger partial charge in [0.1, 0.15) is 42.9 Å². The largest absolute Gasteiger partial charge is 0.434 e. The Hall–Kier alpha value is -1.67. The van der Waals surface area contributed by atoms with Crippen LogP contribution < -0.4 is 0 Å². The third-order valence-corrected chi connectivity index (χ3v) is 3.54. The smallest absolute Gasteiger partial charge is 0.390 e. The van der Waals surface area contributed by atoms with E-state index in [1.54, 1.807) is 0 Å². The van der Waals surface area contributed by atoms with Crippen LogP contribution in [-0.2, 0) is 16.0 Å². The molecule has 2 unspecified atom stereocenters. The highest BCUT2D eigenvalue weighted by Crippen LogP contribution is 2.20. The van der Waals surface area contributed by atoms with Crippen molar-refractivity contribution in [1.82, 2.24) is 9.55 Å². The molecule has 5 N–H and O–H groups in total. The molecular weight excluding hydrogens is 330 g/mol. The van der Waals surface area contributed by atoms with Gasteiger partial charge < -0.3 is 45.1 Å². The van der Waals surface area contributed by atoms with Gasteiger partial charge in [-0.3, -0.25) is 0 Å². The molecule has 1 aliphatic heterocycles. The van der Waals surface area contributed by atoms with Crippen molar-refractivity contribution in [2.75, 3.05) is 13.2 Å². The fourth-order valence-electron chi connectivity index (χ4n) is 2.28. The van der Waals surface area contributed by atoms with E-state index in [-0.39, 0.29) is 19.8 Å². The highest BCUT2D eigenvalue weighted by atomic mass is 16.6. The SMILES string of the molecule is O=[N+]([O-])c1nccn1CC(O)COC[C@H]1OC(O)[C@H](O)[C@@H](O)[C@@H]1O. The molecule has 1 aliphatic rings. The first-order valence-corrected chi connectivity index (χ1v) is 7.10. The summed E-state index contributed by atoms with van der Waals surface area (Å²) in [6, 6.07) is 0. The molecule has 1 fully saturated rings. The quantitative estimate of drug-likeness (QED) is 0.251. The van der Waals surface area contributed by atoms with Gasteiger partial charge in [0.2, 0.25) is 0 Å². The topological polar surface area (TPSA) is 181 Å². The number of nitrogens with zero attached hydrogens (tertiary/aromatic N) is 3. The van der Waals surface area contributed by atoms with Crippen LogP contribution in [0.5, 0.6) is 0 Å². The average molecular weight is 349 g/mol. The number of ether oxygens (including phenoxy) is 2. The van der Waals surface area contributed by atoms with Crippen molar-refractivity contribution in [3.05, 3.63) is 22.5 Å². The van der Waals surface area contributed by atoms with E-state index in [0.717, 1.165) is 4.57 Å². The lowest BCUT2D eigenvalue weighted by atomic mass is 9.99. The summed E-state index contributed by atoms with van der Waals surface area (Å²) in [5, 5.41) is 58.5. The van der Waals surface area contributed by atoms with Crippen LogP contribution in [0.15, 0.2) is 12.4 Å². The van der Waals surface area contributed by atoms with E-state index in [1.807, 2.05) is 0 Å². The molecule has 2 rings (SSSR count). The Balaban J connectivity index is 1.79. The summed E-state index contributed by atoms with van der Waals surface area (Å²) >= 11 is 0. The predicted octanol–water partition coefficient (Wildman–Crippen LogP) is -3.03. The molecule has 0 amide bonds. The number of aliphatic hydroxyl groups is 5. The van der Waals surface area contributed by atoms with Crippen molar-refractivity contribution in [3.8, 4) is 0 Å². The molecule has 0 bridgehead atoms. The number of hydrogen-bond donors (Lipinski definition) is 5. The normalized spacial score (nSPS) is 31.8. The second kappa shape index (κ2) is 7.94. The van der Waals surface area contributed by atoms with Crippen LogP contribution in [0.3, 0.4) is 0 Å². The van der Waals surface area contributed by atoms with Crippen LogP contribution in [-0.4, -0.2) is 90.0 Å². The van der Waals surface area contributed by atoms with Crippen molar-refractivity contribution in [3.63, 3.8) is 0 Å². The van der Waals surface area contributed by atoms with Crippen LogP contribution in [0.25, 0.3) is 0 Å². The molecule has 0 aliphatic carbocycles. The van der Waals surface area contributed by atoms with Gasteiger partial charge in [0.05, 0.1) is 19.8 Å². The van der Waals surface area contributed by atoms with E-state index in [2.05, 4.69) is 4.98 Å². The van der Waals surface area contributed by atoms with E-state index in [4.69, 9.17) is 9.47 Å². The minimum atomic E-state index is -1.67. The molecular formula is C12H19N3O9. The minimum Gasteiger partial charge on any atom is -0.390 e. The zero-order chi connectivity index (χ0) is 17.9. The number of nitro groups is 1. The standard InChI is InChI=1S/C12H19N3O9/c16-6(3-14-2-1-13-12(14)15(21)22)4-23-5-7-8(17)9(18)10(19)11(20)24-7/h1-2,6-11,16-20H,3-5H2/t6?,7-,8-,9+,10-,11?/m1/s1. The van der Waals surface area contributed by atoms with Gasteiger partial charge in [-0.05, 0) is 4.92 Å². The van der Waals surface area contributed by atoms with E-state index in [1.165, 1.54) is 12.4 Å². The van der Waals surface area contributed by atoms with Crippen LogP contribution in [0.1, 0.15) is 0 Å². The number of hydrogen-bond acceptors (Lipinski definition) is 10. The van der Waals surface area contributed by atoms with E-state index in [0.29, 0.717) is 0 Å². The Morgan fingerprint density at radius 3 is 2.71 bits per heavy atom. The maximum Gasteiger partial charge on any atom is 0.434 e. The van der Waals surface area contributed by atoms with E-state index < -0.39 is 47.7 Å². The van der Waals surface area contributed by atoms with Crippen LogP contribution >= 0.6 is 0 Å². The molecule has 0 aromatic carbocycles. The lowest BCUT2D eigenvalue weighted by molar-refractivity contribution is -0.397. The fraction of sp³-hybridized carbons (Fsp3) is 0.750. The molecule has 0 radical (unpaired) electrons. The highest BCUT2D eigenvalue weighted by Gasteiger charge is 2.43. The first-order valence-electron chi connectivity index (χ1n) is 7.10. The molecule has 6 atom stereocenters. The van der Waals surface area contributed by atoms with Crippen molar-refractivity contribution < 1.29 is 39.9 Å². The molecule has 1 aromatic rings. The van der Waals surface area contributed by atoms with Gasteiger partial charge in [-0.25, -0.2) is 4.57 Å². The van der Waals surface area contributed by atoms with Gasteiger partial charge in [-0.15, -0.1) is 0 Å². The van der Waals surface area contributed by atoms with Crippen molar-refractivity contribution in [2.24, 2.45) is 0 Å². The molecule has 24 heavy (non-hydrogen) atoms. The molecule has 0 saturated carbocycles. The molecule has 0 spiro atoms. The van der Waals surface area contributed by atoms with Gasteiger partial charge >= 0.3 is 5.95 Å². The first kappa shape index (κ1) is 18.7. The van der Waals surface area contributed by atoms with Crippen molar-refractivity contribution >= 4 is 5.95 Å². The summed E-state index contributed by atoms with van der Waals surface area (Å²) in [4.78, 5) is 13.6. The Morgan fingerprint density at radius 1 is 1.33 bits per heavy atom. The Labute approximate surface area is 135 Å². The number of aliphatic hydroxyl groups excluding tert-OH is 5. The Kier molecular flexibility index (Phi) is 6.17. The van der Waals surface area contributed by atoms with Gasteiger partial charge in [0, 0.05) is 0 Å². The van der Waals surface area contributed by atoms with Crippen LogP contribution in [0.2, 0.25) is 0 Å². The average Bonchev–Trinajstić information content (AvgIpc) is 2.98. The van der Waals surface area contributed by atoms with Crippen molar-refractivity contribution in [2.45, 2.75) is 43.4 Å². The van der Waals surface area contributed by atoms with E-state index >= 15 is 0 Å². The minimum absolute atomic E-state index is 0.131. The third-order valence-electron chi connectivity index (χ3n) is 3.54. The molecule has 12 heteroatoms. The second-order valence-corrected chi connectivity index (χ2v) is 5.36. The zero-order valence-electron chi connectivity index (χ0n) is 12.5. The summed E-state index contributed by atoms with van der Waals surface area (Å²) in [5.41, 5.74) is 0. The van der Waals surface area contributed by atoms with Gasteiger partial charge in [-0.1, -0.05) is 4.98 Å². The number of rotatable bonds is 7. The van der Waals surface area contributed by atoms with Crippen LogP contribution in [0.4, 0.5) is 5.95 Å². The molecule has 2 heterocycles. The summed E-state index contributed by atoms with van der Waals surface area (Å²) < 4.78 is 11.2. The summed E-state index contributed by atoms with van der Waals surface area (Å²) in [6.07, 6.45) is -6.02. The van der Waals surface area contributed by atoms with Gasteiger partial charge in [-0.2, -0.15) is 0 Å². The fourth-order valence-corrected chi connectivity index (χ4v) is 2.28. The number of imidazole rings is 1. The monoisotopic (exact) mass is 349 g/mol. The summed E-state index contributed by atoms with van der Waals surface area (Å²) in [5.74, 6) is -0.416. The Morgan fingerprint density at radius 2 is 2.04 bits per heavy atom. The maximum absolute atomic E-state index is 10.7. The Bertz CT molecular complexity index is 554. The lowest BCUT2D eigenvalue weighted by Gasteiger charge is -2.38. The maximum atomic E-state index is 10.7. The summed E-state index contributed by atoms with van der Waals surface area (Å²) in [7, 11) is 0. The van der Waals surface area contributed by atoms with Crippen molar-refractivity contribution in [1.29, 1.82) is 0 Å². The van der Waals surface area contributed by atoms with E-state index in [9.17, 15) is 35.6 Å². The summed E-state index contributed by atoms with van der Waals surface area (Å²) in [6.45, 7) is -0.643.